The van der Waals surface area contributed by atoms with Gasteiger partial charge in [0.15, 0.2) is 11.5 Å². The van der Waals surface area contributed by atoms with Gasteiger partial charge in [0.05, 0.1) is 0 Å². The molecule has 1 unspecified atom stereocenters. The summed E-state index contributed by atoms with van der Waals surface area (Å²) in [4.78, 5) is 14.3. The van der Waals surface area contributed by atoms with Crippen LogP contribution in [0.1, 0.15) is 23.2 Å². The molecule has 0 aliphatic carbocycles. The number of nitrogens with zero attached hydrogens (tertiary/aromatic N) is 1. The number of piperidine rings is 1. The van der Waals surface area contributed by atoms with Crippen molar-refractivity contribution < 1.29 is 14.3 Å². The second-order valence-corrected chi connectivity index (χ2v) is 4.98. The summed E-state index contributed by atoms with van der Waals surface area (Å²) in [5.74, 6) is 1.39. The Morgan fingerprint density at radius 3 is 2.90 bits per heavy atom. The lowest BCUT2D eigenvalue weighted by Crippen LogP contribution is -2.46. The third-order valence-electron chi connectivity index (χ3n) is 3.76. The maximum atomic E-state index is 12.4. The highest BCUT2D eigenvalue weighted by atomic mass is 35.5. The second-order valence-electron chi connectivity index (χ2n) is 4.98. The van der Waals surface area contributed by atoms with Crippen molar-refractivity contribution in [2.45, 2.75) is 18.9 Å². The van der Waals surface area contributed by atoms with Crippen LogP contribution in [0, 0.1) is 0 Å². The van der Waals surface area contributed by atoms with Gasteiger partial charge in [-0.15, -0.1) is 12.4 Å². The number of rotatable bonds is 2. The summed E-state index contributed by atoms with van der Waals surface area (Å²) >= 11 is 0. The molecule has 1 atom stereocenters. The van der Waals surface area contributed by atoms with E-state index in [-0.39, 0.29) is 31.1 Å². The van der Waals surface area contributed by atoms with Gasteiger partial charge in [0.25, 0.3) is 5.91 Å². The number of amides is 1. The largest absolute Gasteiger partial charge is 0.454 e. The standard InChI is InChI=1S/C14H18N2O3.ClH/c1-16(11-3-2-6-15-8-11)14(17)10-4-5-12-13(7-10)19-9-18-12;/h4-5,7,11,15H,2-3,6,8-9H2,1H3;1H. The lowest BCUT2D eigenvalue weighted by Gasteiger charge is -2.31. The number of ether oxygens (including phenoxy) is 2. The smallest absolute Gasteiger partial charge is 0.254 e. The fourth-order valence-electron chi connectivity index (χ4n) is 2.56. The Morgan fingerprint density at radius 2 is 2.15 bits per heavy atom. The fourth-order valence-corrected chi connectivity index (χ4v) is 2.56. The zero-order valence-corrected chi connectivity index (χ0v) is 12.2. The molecule has 0 saturated carbocycles. The minimum atomic E-state index is 0. The number of likely N-dealkylation sites (N-methyl/N-ethyl adjacent to an activating group) is 1. The van der Waals surface area contributed by atoms with Crippen molar-refractivity contribution in [2.75, 3.05) is 26.9 Å². The van der Waals surface area contributed by atoms with Gasteiger partial charge in [0.1, 0.15) is 0 Å². The van der Waals surface area contributed by atoms with E-state index in [4.69, 9.17) is 9.47 Å². The maximum absolute atomic E-state index is 12.4. The zero-order chi connectivity index (χ0) is 13.2. The molecule has 2 aliphatic heterocycles. The van der Waals surface area contributed by atoms with Gasteiger partial charge in [-0.1, -0.05) is 0 Å². The first-order valence-corrected chi connectivity index (χ1v) is 6.63. The normalized spacial score (nSPS) is 20.1. The van der Waals surface area contributed by atoms with Gasteiger partial charge in [-0.2, -0.15) is 0 Å². The number of halogens is 1. The SMILES string of the molecule is CN(C(=O)c1ccc2c(c1)OCO2)C1CCCNC1.Cl. The predicted molar refractivity (Wildman–Crippen MR) is 77.8 cm³/mol. The molecular formula is C14H19ClN2O3. The van der Waals surface area contributed by atoms with E-state index in [1.54, 1.807) is 18.2 Å². The van der Waals surface area contributed by atoms with Gasteiger partial charge in [-0.25, -0.2) is 0 Å². The van der Waals surface area contributed by atoms with Crippen molar-refractivity contribution in [3.05, 3.63) is 23.8 Å². The van der Waals surface area contributed by atoms with Crippen LogP contribution in [-0.4, -0.2) is 43.8 Å². The Kier molecular flexibility index (Phi) is 4.73. The van der Waals surface area contributed by atoms with Crippen molar-refractivity contribution in [1.29, 1.82) is 0 Å². The van der Waals surface area contributed by atoms with E-state index in [9.17, 15) is 4.79 Å². The van der Waals surface area contributed by atoms with Gasteiger partial charge in [-0.05, 0) is 37.6 Å². The average Bonchev–Trinajstić information content (AvgIpc) is 2.94. The highest BCUT2D eigenvalue weighted by molar-refractivity contribution is 5.95. The highest BCUT2D eigenvalue weighted by Crippen LogP contribution is 2.32. The summed E-state index contributed by atoms with van der Waals surface area (Å²) < 4.78 is 10.6. The zero-order valence-electron chi connectivity index (χ0n) is 11.4. The molecule has 2 aliphatic rings. The summed E-state index contributed by atoms with van der Waals surface area (Å²) in [6, 6.07) is 5.62. The minimum absolute atomic E-state index is 0. The number of carbonyl (C=O) groups excluding carboxylic acids is 1. The molecule has 20 heavy (non-hydrogen) atoms. The van der Waals surface area contributed by atoms with Crippen LogP contribution in [0.25, 0.3) is 0 Å². The Labute approximate surface area is 124 Å². The molecule has 0 bridgehead atoms. The monoisotopic (exact) mass is 298 g/mol. The van der Waals surface area contributed by atoms with Crippen molar-refractivity contribution >= 4 is 18.3 Å². The van der Waals surface area contributed by atoms with Crippen molar-refractivity contribution in [3.8, 4) is 11.5 Å². The van der Waals surface area contributed by atoms with E-state index < -0.39 is 0 Å². The molecule has 2 heterocycles. The van der Waals surface area contributed by atoms with Crippen LogP contribution in [0.15, 0.2) is 18.2 Å². The van der Waals surface area contributed by atoms with Crippen LogP contribution >= 0.6 is 12.4 Å². The molecule has 1 amide bonds. The molecule has 1 fully saturated rings. The third kappa shape index (κ3) is 2.83. The maximum Gasteiger partial charge on any atom is 0.254 e. The first kappa shape index (κ1) is 14.9. The van der Waals surface area contributed by atoms with Crippen LogP contribution < -0.4 is 14.8 Å². The lowest BCUT2D eigenvalue weighted by atomic mass is 10.1. The van der Waals surface area contributed by atoms with E-state index in [0.29, 0.717) is 17.1 Å². The van der Waals surface area contributed by atoms with E-state index in [1.807, 2.05) is 11.9 Å². The van der Waals surface area contributed by atoms with Crippen molar-refractivity contribution in [2.24, 2.45) is 0 Å². The summed E-state index contributed by atoms with van der Waals surface area (Å²) in [7, 11) is 1.87. The Balaban J connectivity index is 0.00000147. The van der Waals surface area contributed by atoms with Gasteiger partial charge in [0.2, 0.25) is 6.79 Å². The molecular weight excluding hydrogens is 280 g/mol. The lowest BCUT2D eigenvalue weighted by molar-refractivity contribution is 0.0708. The number of hydrogen-bond donors (Lipinski definition) is 1. The number of carbonyl (C=O) groups is 1. The van der Waals surface area contributed by atoms with Crippen LogP contribution in [0.5, 0.6) is 11.5 Å². The molecule has 110 valence electrons. The molecule has 1 aromatic carbocycles. The molecule has 1 aromatic rings. The topological polar surface area (TPSA) is 50.8 Å². The van der Waals surface area contributed by atoms with E-state index in [2.05, 4.69) is 5.32 Å². The van der Waals surface area contributed by atoms with Gasteiger partial charge >= 0.3 is 0 Å². The molecule has 3 rings (SSSR count). The van der Waals surface area contributed by atoms with E-state index in [0.717, 1.165) is 25.9 Å². The summed E-state index contributed by atoms with van der Waals surface area (Å²) in [5.41, 5.74) is 0.650. The number of benzene rings is 1. The summed E-state index contributed by atoms with van der Waals surface area (Å²) in [6.45, 7) is 2.14. The van der Waals surface area contributed by atoms with Crippen LogP contribution in [0.3, 0.4) is 0 Å². The highest BCUT2D eigenvalue weighted by Gasteiger charge is 2.24. The molecule has 0 radical (unpaired) electrons. The minimum Gasteiger partial charge on any atom is -0.454 e. The quantitative estimate of drug-likeness (QED) is 0.902. The molecule has 1 N–H and O–H groups in total. The van der Waals surface area contributed by atoms with Gasteiger partial charge in [0, 0.05) is 25.2 Å². The fraction of sp³-hybridized carbons (Fsp3) is 0.500. The van der Waals surface area contributed by atoms with Crippen LogP contribution in [-0.2, 0) is 0 Å². The number of fused-ring (bicyclic) bond motifs is 1. The Morgan fingerprint density at radius 1 is 1.35 bits per heavy atom. The predicted octanol–water partition coefficient (Wildman–Crippen LogP) is 1.66. The van der Waals surface area contributed by atoms with Crippen LogP contribution in [0.2, 0.25) is 0 Å². The molecule has 0 spiro atoms. The second kappa shape index (κ2) is 6.33. The number of hydrogen-bond acceptors (Lipinski definition) is 4. The van der Waals surface area contributed by atoms with Gasteiger partial charge in [-0.3, -0.25) is 4.79 Å². The summed E-state index contributed by atoms with van der Waals surface area (Å²) in [6.07, 6.45) is 2.17. The van der Waals surface area contributed by atoms with Crippen LogP contribution in [0.4, 0.5) is 0 Å². The van der Waals surface area contributed by atoms with Crippen molar-refractivity contribution in [1.82, 2.24) is 10.2 Å². The molecule has 1 saturated heterocycles. The summed E-state index contributed by atoms with van der Waals surface area (Å²) in [5, 5.41) is 3.33. The molecule has 6 heteroatoms. The number of nitrogens with one attached hydrogen (secondary N) is 1. The first-order valence-electron chi connectivity index (χ1n) is 6.63. The van der Waals surface area contributed by atoms with E-state index in [1.165, 1.54) is 0 Å². The third-order valence-corrected chi connectivity index (χ3v) is 3.76. The molecule has 0 aromatic heterocycles. The average molecular weight is 299 g/mol. The van der Waals surface area contributed by atoms with E-state index >= 15 is 0 Å². The Bertz CT molecular complexity index is 489. The first-order chi connectivity index (χ1) is 9.25. The Hall–Kier alpha value is -1.46. The molecule has 5 nitrogen and oxygen atoms in total. The van der Waals surface area contributed by atoms with Gasteiger partial charge < -0.3 is 19.7 Å². The van der Waals surface area contributed by atoms with Crippen molar-refractivity contribution in [3.63, 3.8) is 0 Å².